The molecule has 0 saturated heterocycles. The number of hydrogen-bond acceptors (Lipinski definition) is 2. The molecule has 20 heavy (non-hydrogen) atoms. The number of hydrogen-bond donors (Lipinski definition) is 1. The molecule has 1 atom stereocenters. The summed E-state index contributed by atoms with van der Waals surface area (Å²) < 4.78 is 27.7. The molecular weight excluding hydrogens is 453 g/mol. The maximum atomic E-state index is 12.3. The third-order valence-electron chi connectivity index (χ3n) is 2.45. The zero-order chi connectivity index (χ0) is 15.5. The topological polar surface area (TPSA) is 46.2 Å². The highest BCUT2D eigenvalue weighted by molar-refractivity contribution is 9.10. The van der Waals surface area contributed by atoms with Gasteiger partial charge in [-0.1, -0.05) is 68.9 Å². The highest BCUT2D eigenvalue weighted by Gasteiger charge is 2.23. The van der Waals surface area contributed by atoms with Crippen molar-refractivity contribution in [3.63, 3.8) is 0 Å². The van der Waals surface area contributed by atoms with Gasteiger partial charge in [0.15, 0.2) is 0 Å². The van der Waals surface area contributed by atoms with Crippen molar-refractivity contribution in [2.45, 2.75) is 30.0 Å². The quantitative estimate of drug-likeness (QED) is 0.608. The predicted molar refractivity (Wildman–Crippen MR) is 91.5 cm³/mol. The summed E-state index contributed by atoms with van der Waals surface area (Å²) in [7, 11) is -3.73. The first-order chi connectivity index (χ1) is 9.13. The molecule has 1 unspecified atom stereocenters. The molecule has 0 amide bonds. The Bertz CT molecular complexity index is 556. The number of rotatable bonds is 6. The van der Waals surface area contributed by atoms with Crippen LogP contribution in [0.3, 0.4) is 0 Å². The molecule has 0 aliphatic rings. The highest BCUT2D eigenvalue weighted by Crippen LogP contribution is 2.32. The molecule has 0 fully saturated rings. The van der Waals surface area contributed by atoms with E-state index in [9.17, 15) is 8.42 Å². The van der Waals surface area contributed by atoms with E-state index in [1.807, 2.05) is 0 Å². The summed E-state index contributed by atoms with van der Waals surface area (Å²) in [5, 5.41) is 0.179. The highest BCUT2D eigenvalue weighted by atomic mass is 79.9. The summed E-state index contributed by atoms with van der Waals surface area (Å²) in [6.07, 6.45) is 0.865. The van der Waals surface area contributed by atoms with E-state index in [-0.39, 0.29) is 26.3 Å². The van der Waals surface area contributed by atoms with Crippen molar-refractivity contribution in [3.05, 3.63) is 26.7 Å². The van der Waals surface area contributed by atoms with Gasteiger partial charge in [0.25, 0.3) is 0 Å². The lowest BCUT2D eigenvalue weighted by Gasteiger charge is -2.15. The van der Waals surface area contributed by atoms with Gasteiger partial charge in [-0.3, -0.25) is 0 Å². The largest absolute Gasteiger partial charge is 0.243 e. The van der Waals surface area contributed by atoms with Crippen LogP contribution in [-0.2, 0) is 10.0 Å². The SMILES string of the molecule is CC(C)CC(Br)CNS(=O)(=O)c1c(Cl)cc(Br)cc1Cl. The lowest BCUT2D eigenvalue weighted by molar-refractivity contribution is 0.551. The lowest BCUT2D eigenvalue weighted by Crippen LogP contribution is -2.30. The van der Waals surface area contributed by atoms with Crippen LogP contribution in [0.25, 0.3) is 0 Å². The minimum atomic E-state index is -3.73. The maximum Gasteiger partial charge on any atom is 0.243 e. The van der Waals surface area contributed by atoms with Crippen LogP contribution in [0.1, 0.15) is 20.3 Å². The predicted octanol–water partition coefficient (Wildman–Crippen LogP) is 4.84. The molecule has 1 rings (SSSR count). The molecule has 1 N–H and O–H groups in total. The number of alkyl halides is 1. The van der Waals surface area contributed by atoms with Gasteiger partial charge in [0, 0.05) is 15.8 Å². The molecule has 3 nitrogen and oxygen atoms in total. The lowest BCUT2D eigenvalue weighted by atomic mass is 10.1. The monoisotopic (exact) mass is 465 g/mol. The standard InChI is InChI=1S/C12H15Br2Cl2NO2S/c1-7(2)3-9(14)6-17-20(18,19)12-10(15)4-8(13)5-11(12)16/h4-5,7,9,17H,3,6H2,1-2H3. The summed E-state index contributed by atoms with van der Waals surface area (Å²) in [5.41, 5.74) is 0. The summed E-state index contributed by atoms with van der Waals surface area (Å²) in [4.78, 5) is -0.0291. The summed E-state index contributed by atoms with van der Waals surface area (Å²) in [6, 6.07) is 3.00. The van der Waals surface area contributed by atoms with Gasteiger partial charge in [-0.15, -0.1) is 0 Å². The second-order valence-electron chi connectivity index (χ2n) is 4.78. The number of benzene rings is 1. The first kappa shape index (κ1) is 18.7. The van der Waals surface area contributed by atoms with Crippen LogP contribution < -0.4 is 4.72 Å². The maximum absolute atomic E-state index is 12.3. The van der Waals surface area contributed by atoms with E-state index in [4.69, 9.17) is 23.2 Å². The molecule has 0 aliphatic carbocycles. The Morgan fingerprint density at radius 3 is 2.20 bits per heavy atom. The van der Waals surface area contributed by atoms with Crippen LogP contribution in [0.2, 0.25) is 10.0 Å². The zero-order valence-electron chi connectivity index (χ0n) is 11.0. The molecule has 0 aromatic heterocycles. The van der Waals surface area contributed by atoms with E-state index in [0.29, 0.717) is 10.4 Å². The Labute approximate surface area is 146 Å². The van der Waals surface area contributed by atoms with E-state index in [2.05, 4.69) is 50.4 Å². The van der Waals surface area contributed by atoms with Gasteiger partial charge in [0.1, 0.15) is 4.90 Å². The van der Waals surface area contributed by atoms with Crippen molar-refractivity contribution < 1.29 is 8.42 Å². The summed E-state index contributed by atoms with van der Waals surface area (Å²) in [6.45, 7) is 4.43. The van der Waals surface area contributed by atoms with Crippen LogP contribution in [0, 0.1) is 5.92 Å². The number of halogens is 4. The smallest absolute Gasteiger partial charge is 0.210 e. The minimum absolute atomic E-state index is 0.0604. The van der Waals surface area contributed by atoms with Gasteiger partial charge in [0.05, 0.1) is 10.0 Å². The van der Waals surface area contributed by atoms with Crippen LogP contribution in [0.15, 0.2) is 21.5 Å². The minimum Gasteiger partial charge on any atom is -0.210 e. The normalized spacial score (nSPS) is 13.8. The second kappa shape index (κ2) is 7.79. The molecule has 1 aromatic rings. The summed E-state index contributed by atoms with van der Waals surface area (Å²) >= 11 is 18.6. The van der Waals surface area contributed by atoms with E-state index in [0.717, 1.165) is 6.42 Å². The van der Waals surface area contributed by atoms with Gasteiger partial charge in [-0.2, -0.15) is 0 Å². The second-order valence-corrected chi connectivity index (χ2v) is 9.51. The fourth-order valence-corrected chi connectivity index (χ4v) is 5.79. The van der Waals surface area contributed by atoms with Crippen LogP contribution in [-0.4, -0.2) is 19.8 Å². The Morgan fingerprint density at radius 2 is 1.75 bits per heavy atom. The third kappa shape index (κ3) is 5.46. The molecule has 0 heterocycles. The van der Waals surface area contributed by atoms with Crippen molar-refractivity contribution in [2.75, 3.05) is 6.54 Å². The molecule has 0 spiro atoms. The van der Waals surface area contributed by atoms with Crippen molar-refractivity contribution >= 4 is 65.1 Å². The van der Waals surface area contributed by atoms with Crippen molar-refractivity contribution in [2.24, 2.45) is 5.92 Å². The van der Waals surface area contributed by atoms with Crippen molar-refractivity contribution in [1.29, 1.82) is 0 Å². The molecule has 0 aliphatic heterocycles. The van der Waals surface area contributed by atoms with Crippen molar-refractivity contribution in [3.8, 4) is 0 Å². The van der Waals surface area contributed by atoms with Crippen LogP contribution in [0.5, 0.6) is 0 Å². The van der Waals surface area contributed by atoms with E-state index in [1.165, 1.54) is 12.1 Å². The average Bonchev–Trinajstić information content (AvgIpc) is 2.23. The number of sulfonamides is 1. The fraction of sp³-hybridized carbons (Fsp3) is 0.500. The Morgan fingerprint density at radius 1 is 1.25 bits per heavy atom. The van der Waals surface area contributed by atoms with Gasteiger partial charge < -0.3 is 0 Å². The van der Waals surface area contributed by atoms with Gasteiger partial charge in [-0.25, -0.2) is 13.1 Å². The number of nitrogens with one attached hydrogen (secondary N) is 1. The van der Waals surface area contributed by atoms with Crippen LogP contribution in [0.4, 0.5) is 0 Å². The molecular formula is C12H15Br2Cl2NO2S. The Kier molecular flexibility index (Phi) is 7.29. The average molecular weight is 468 g/mol. The molecule has 114 valence electrons. The van der Waals surface area contributed by atoms with Crippen LogP contribution >= 0.6 is 55.1 Å². The third-order valence-corrected chi connectivity index (χ3v) is 5.95. The first-order valence-electron chi connectivity index (χ1n) is 5.91. The Balaban J connectivity index is 2.90. The van der Waals surface area contributed by atoms with Gasteiger partial charge in [0.2, 0.25) is 10.0 Å². The van der Waals surface area contributed by atoms with Crippen molar-refractivity contribution in [1.82, 2.24) is 4.72 Å². The van der Waals surface area contributed by atoms with Gasteiger partial charge in [-0.05, 0) is 24.5 Å². The Hall–Kier alpha value is 0.670. The summed E-state index contributed by atoms with van der Waals surface area (Å²) in [5.74, 6) is 0.476. The molecule has 0 radical (unpaired) electrons. The molecule has 0 bridgehead atoms. The fourth-order valence-electron chi connectivity index (χ4n) is 1.65. The van der Waals surface area contributed by atoms with E-state index >= 15 is 0 Å². The first-order valence-corrected chi connectivity index (χ1v) is 9.86. The van der Waals surface area contributed by atoms with E-state index < -0.39 is 10.0 Å². The molecule has 1 aromatic carbocycles. The van der Waals surface area contributed by atoms with Gasteiger partial charge >= 0.3 is 0 Å². The molecule has 0 saturated carbocycles. The van der Waals surface area contributed by atoms with E-state index in [1.54, 1.807) is 0 Å². The molecule has 8 heteroatoms. The zero-order valence-corrected chi connectivity index (χ0v) is 16.5.